The Morgan fingerprint density at radius 2 is 2.19 bits per heavy atom. The highest BCUT2D eigenvalue weighted by Crippen LogP contribution is 2.12. The van der Waals surface area contributed by atoms with Gasteiger partial charge in [0.05, 0.1) is 12.2 Å². The minimum atomic E-state index is -0.866. The summed E-state index contributed by atoms with van der Waals surface area (Å²) in [6, 6.07) is 2.35. The van der Waals surface area contributed by atoms with Crippen LogP contribution in [-0.2, 0) is 4.74 Å². The van der Waals surface area contributed by atoms with E-state index in [1.165, 1.54) is 7.11 Å². The Kier molecular flexibility index (Phi) is 4.52. The summed E-state index contributed by atoms with van der Waals surface area (Å²) in [4.78, 5) is 11.6. The van der Waals surface area contributed by atoms with Crippen molar-refractivity contribution in [3.63, 3.8) is 0 Å². The van der Waals surface area contributed by atoms with Crippen molar-refractivity contribution < 1.29 is 18.3 Å². The van der Waals surface area contributed by atoms with Gasteiger partial charge in [-0.05, 0) is 12.1 Å². The molecule has 0 aliphatic rings. The Balaban J connectivity index is 2.73. The molecule has 0 radical (unpaired) electrons. The molecule has 0 saturated carbocycles. The first kappa shape index (κ1) is 12.7. The molecular formula is C11H13F2NO2. The van der Waals surface area contributed by atoms with E-state index in [1.54, 1.807) is 0 Å². The van der Waals surface area contributed by atoms with Crippen LogP contribution in [0.15, 0.2) is 18.2 Å². The summed E-state index contributed by atoms with van der Waals surface area (Å²) in [5.74, 6) is -2.04. The Labute approximate surface area is 92.2 Å². The molecule has 0 aliphatic carbocycles. The highest BCUT2D eigenvalue weighted by molar-refractivity contribution is 5.96. The lowest BCUT2D eigenvalue weighted by molar-refractivity contribution is 0.0945. The molecule has 88 valence electrons. The molecule has 0 aliphatic heterocycles. The molecule has 0 bridgehead atoms. The Morgan fingerprint density at radius 3 is 2.75 bits per heavy atom. The zero-order chi connectivity index (χ0) is 12.1. The Bertz CT molecular complexity index is 382. The van der Waals surface area contributed by atoms with Crippen molar-refractivity contribution in [2.45, 2.75) is 12.5 Å². The van der Waals surface area contributed by atoms with Gasteiger partial charge in [0.15, 0.2) is 5.78 Å². The fraction of sp³-hybridized carbons (Fsp3) is 0.364. The number of methoxy groups -OCH3 is 1. The molecule has 16 heavy (non-hydrogen) atoms. The third kappa shape index (κ3) is 3.36. The van der Waals surface area contributed by atoms with Crippen molar-refractivity contribution in [3.8, 4) is 0 Å². The van der Waals surface area contributed by atoms with Gasteiger partial charge in [0, 0.05) is 25.6 Å². The first-order chi connectivity index (χ1) is 7.54. The number of benzene rings is 1. The number of nitrogens with two attached hydrogens (primary N) is 1. The van der Waals surface area contributed by atoms with E-state index in [1.807, 2.05) is 0 Å². The van der Waals surface area contributed by atoms with E-state index in [4.69, 9.17) is 10.5 Å². The summed E-state index contributed by atoms with van der Waals surface area (Å²) >= 11 is 0. The maximum Gasteiger partial charge on any atom is 0.167 e. The summed E-state index contributed by atoms with van der Waals surface area (Å²) in [7, 11) is 1.46. The van der Waals surface area contributed by atoms with Gasteiger partial charge in [0.1, 0.15) is 11.6 Å². The molecule has 3 nitrogen and oxygen atoms in total. The number of ketones is 1. The van der Waals surface area contributed by atoms with Crippen LogP contribution in [0.25, 0.3) is 0 Å². The van der Waals surface area contributed by atoms with Gasteiger partial charge in [-0.15, -0.1) is 0 Å². The van der Waals surface area contributed by atoms with Crippen molar-refractivity contribution in [1.29, 1.82) is 0 Å². The third-order valence-electron chi connectivity index (χ3n) is 2.06. The summed E-state index contributed by atoms with van der Waals surface area (Å²) in [6.07, 6.45) is -0.0314. The van der Waals surface area contributed by atoms with E-state index < -0.39 is 23.5 Å². The fourth-order valence-electron chi connectivity index (χ4n) is 1.34. The molecule has 1 aromatic carbocycles. The van der Waals surface area contributed by atoms with Gasteiger partial charge in [-0.2, -0.15) is 0 Å². The quantitative estimate of drug-likeness (QED) is 0.779. The van der Waals surface area contributed by atoms with Crippen LogP contribution < -0.4 is 5.73 Å². The zero-order valence-electron chi connectivity index (χ0n) is 8.87. The van der Waals surface area contributed by atoms with Crippen LogP contribution in [0.4, 0.5) is 8.78 Å². The van der Waals surface area contributed by atoms with Gasteiger partial charge in [-0.25, -0.2) is 8.78 Å². The molecule has 1 aromatic rings. The molecular weight excluding hydrogens is 216 g/mol. The van der Waals surface area contributed by atoms with Crippen LogP contribution >= 0.6 is 0 Å². The third-order valence-corrected chi connectivity index (χ3v) is 2.06. The number of halogens is 2. The van der Waals surface area contributed by atoms with E-state index >= 15 is 0 Å². The number of hydrogen-bond acceptors (Lipinski definition) is 3. The van der Waals surface area contributed by atoms with Crippen molar-refractivity contribution in [2.75, 3.05) is 13.7 Å². The molecule has 0 spiro atoms. The van der Waals surface area contributed by atoms with E-state index in [-0.39, 0.29) is 18.6 Å². The number of ether oxygens (including phenoxy) is 1. The van der Waals surface area contributed by atoms with Crippen LogP contribution in [0, 0.1) is 11.6 Å². The minimum Gasteiger partial charge on any atom is -0.383 e. The number of carbonyl (C=O) groups excluding carboxylic acids is 1. The molecule has 2 N–H and O–H groups in total. The van der Waals surface area contributed by atoms with Crippen molar-refractivity contribution in [2.24, 2.45) is 5.73 Å². The van der Waals surface area contributed by atoms with Crippen molar-refractivity contribution in [1.82, 2.24) is 0 Å². The zero-order valence-corrected chi connectivity index (χ0v) is 8.87. The summed E-state index contributed by atoms with van der Waals surface area (Å²) < 4.78 is 30.6. The first-order valence-electron chi connectivity index (χ1n) is 4.77. The maximum absolute atomic E-state index is 13.2. The molecule has 0 fully saturated rings. The smallest absolute Gasteiger partial charge is 0.167 e. The largest absolute Gasteiger partial charge is 0.383 e. The predicted octanol–water partition coefficient (Wildman–Crippen LogP) is 1.51. The molecule has 1 unspecified atom stereocenters. The van der Waals surface area contributed by atoms with Crippen LogP contribution in [0.3, 0.4) is 0 Å². The Hall–Kier alpha value is -1.33. The second-order valence-corrected chi connectivity index (χ2v) is 3.47. The summed E-state index contributed by atoms with van der Waals surface area (Å²) in [5.41, 5.74) is 5.41. The first-order valence-corrected chi connectivity index (χ1v) is 4.77. The van der Waals surface area contributed by atoms with Gasteiger partial charge in [-0.1, -0.05) is 0 Å². The van der Waals surface area contributed by atoms with Crippen LogP contribution in [0.1, 0.15) is 16.8 Å². The van der Waals surface area contributed by atoms with Crippen LogP contribution in [0.2, 0.25) is 0 Å². The molecule has 0 saturated heterocycles. The van der Waals surface area contributed by atoms with Crippen molar-refractivity contribution in [3.05, 3.63) is 35.4 Å². The predicted molar refractivity (Wildman–Crippen MR) is 55.2 cm³/mol. The van der Waals surface area contributed by atoms with Crippen LogP contribution in [-0.4, -0.2) is 25.5 Å². The molecule has 0 amide bonds. The standard InChI is InChI=1S/C11H13F2NO2/c1-16-6-8(14)5-11(15)9-3-2-7(12)4-10(9)13/h2-4,8H,5-6,14H2,1H3. The van der Waals surface area contributed by atoms with Gasteiger partial charge >= 0.3 is 0 Å². The van der Waals surface area contributed by atoms with E-state index in [9.17, 15) is 13.6 Å². The lowest BCUT2D eigenvalue weighted by atomic mass is 10.0. The number of Topliss-reactive ketones (excluding diaryl/α,β-unsaturated/α-hetero) is 1. The van der Waals surface area contributed by atoms with Gasteiger partial charge in [0.25, 0.3) is 0 Å². The van der Waals surface area contributed by atoms with E-state index in [2.05, 4.69) is 0 Å². The van der Waals surface area contributed by atoms with Gasteiger partial charge in [0.2, 0.25) is 0 Å². The topological polar surface area (TPSA) is 52.3 Å². The number of rotatable bonds is 5. The van der Waals surface area contributed by atoms with E-state index in [0.29, 0.717) is 6.07 Å². The molecule has 5 heteroatoms. The number of carbonyl (C=O) groups is 1. The second-order valence-electron chi connectivity index (χ2n) is 3.47. The highest BCUT2D eigenvalue weighted by atomic mass is 19.1. The minimum absolute atomic E-state index is 0.0314. The lowest BCUT2D eigenvalue weighted by Crippen LogP contribution is -2.28. The number of hydrogen-bond donors (Lipinski definition) is 1. The van der Waals surface area contributed by atoms with Gasteiger partial charge in [-0.3, -0.25) is 4.79 Å². The highest BCUT2D eigenvalue weighted by Gasteiger charge is 2.15. The summed E-state index contributed by atoms with van der Waals surface area (Å²) in [6.45, 7) is 0.217. The van der Waals surface area contributed by atoms with Crippen molar-refractivity contribution >= 4 is 5.78 Å². The molecule has 1 atom stereocenters. The SMILES string of the molecule is COCC(N)CC(=O)c1ccc(F)cc1F. The summed E-state index contributed by atoms with van der Waals surface area (Å²) in [5, 5.41) is 0. The maximum atomic E-state index is 13.2. The normalized spacial score (nSPS) is 12.5. The lowest BCUT2D eigenvalue weighted by Gasteiger charge is -2.09. The molecule has 0 aromatic heterocycles. The molecule has 1 rings (SSSR count). The fourth-order valence-corrected chi connectivity index (χ4v) is 1.34. The monoisotopic (exact) mass is 229 g/mol. The van der Waals surface area contributed by atoms with Crippen LogP contribution in [0.5, 0.6) is 0 Å². The second kappa shape index (κ2) is 5.67. The average molecular weight is 229 g/mol. The van der Waals surface area contributed by atoms with Gasteiger partial charge < -0.3 is 10.5 Å². The molecule has 0 heterocycles. The van der Waals surface area contributed by atoms with E-state index in [0.717, 1.165) is 12.1 Å². The Morgan fingerprint density at radius 1 is 1.50 bits per heavy atom. The average Bonchev–Trinajstić information content (AvgIpc) is 2.17.